The molecule has 0 spiro atoms. The lowest BCUT2D eigenvalue weighted by Crippen LogP contribution is -2.60. The Kier molecular flexibility index (Phi) is 6.22. The van der Waals surface area contributed by atoms with Crippen LogP contribution in [0.4, 0.5) is 0 Å². The largest absolute Gasteiger partial charge is 0.375 e. The molecule has 1 heterocycles. The third-order valence-corrected chi connectivity index (χ3v) is 6.08. The summed E-state index contributed by atoms with van der Waals surface area (Å²) in [5, 5.41) is 3.07. The van der Waals surface area contributed by atoms with Gasteiger partial charge in [-0.2, -0.15) is 0 Å². The van der Waals surface area contributed by atoms with Crippen LogP contribution in [-0.4, -0.2) is 48.3 Å². The van der Waals surface area contributed by atoms with Gasteiger partial charge >= 0.3 is 0 Å². The van der Waals surface area contributed by atoms with Crippen molar-refractivity contribution in [3.63, 3.8) is 0 Å². The summed E-state index contributed by atoms with van der Waals surface area (Å²) in [5.41, 5.74) is 0.0231. The highest BCUT2D eigenvalue weighted by Crippen LogP contribution is 2.44. The van der Waals surface area contributed by atoms with Gasteiger partial charge in [0.25, 0.3) is 5.91 Å². The first-order valence-electron chi connectivity index (χ1n) is 11.2. The summed E-state index contributed by atoms with van der Waals surface area (Å²) in [5.74, 6) is -0.161. The van der Waals surface area contributed by atoms with Crippen molar-refractivity contribution in [2.75, 3.05) is 6.61 Å². The lowest BCUT2D eigenvalue weighted by Gasteiger charge is -2.43. The van der Waals surface area contributed by atoms with Gasteiger partial charge in [0.05, 0.1) is 18.8 Å². The Morgan fingerprint density at radius 2 is 1.90 bits per heavy atom. The van der Waals surface area contributed by atoms with E-state index in [1.54, 1.807) is 0 Å². The molecule has 1 aromatic rings. The monoisotopic (exact) mass is 417 g/mol. The molecule has 1 aromatic carbocycles. The normalized spacial score (nSPS) is 32.8. The molecule has 3 fully saturated rings. The SMILES string of the molecule is CC(C)NC(=O)[C@@]1(OCc2ccccc2)C[C@H](OCC2CC2)[C@@H]2OC(C)(C)O[C@@H]2C1. The molecular formula is C24H35NO5. The number of benzene rings is 1. The Bertz CT molecular complexity index is 732. The molecule has 1 saturated heterocycles. The van der Waals surface area contributed by atoms with Gasteiger partial charge in [-0.25, -0.2) is 0 Å². The van der Waals surface area contributed by atoms with Crippen molar-refractivity contribution in [3.05, 3.63) is 35.9 Å². The van der Waals surface area contributed by atoms with E-state index in [-0.39, 0.29) is 30.3 Å². The van der Waals surface area contributed by atoms with Crippen molar-refractivity contribution >= 4 is 5.91 Å². The first-order valence-corrected chi connectivity index (χ1v) is 11.2. The van der Waals surface area contributed by atoms with Crippen LogP contribution in [0.3, 0.4) is 0 Å². The lowest BCUT2D eigenvalue weighted by atomic mass is 9.78. The molecule has 0 bridgehead atoms. The molecule has 166 valence electrons. The minimum Gasteiger partial charge on any atom is -0.375 e. The zero-order chi connectivity index (χ0) is 21.4. The standard InChI is InChI=1S/C24H35NO5/c1-16(2)25-22(26)24(28-15-17-8-6-5-7-9-17)12-19(27-14-18-10-11-18)21-20(13-24)29-23(3,4)30-21/h5-9,16,18-21H,10-15H2,1-4H3,(H,25,26)/t19-,20+,21-,24+/m0/s1. The number of amides is 1. The summed E-state index contributed by atoms with van der Waals surface area (Å²) in [6.45, 7) is 8.84. The van der Waals surface area contributed by atoms with Crippen LogP contribution in [0, 0.1) is 5.92 Å². The van der Waals surface area contributed by atoms with Crippen molar-refractivity contribution in [1.82, 2.24) is 5.32 Å². The lowest BCUT2D eigenvalue weighted by molar-refractivity contribution is -0.182. The Morgan fingerprint density at radius 1 is 1.17 bits per heavy atom. The average molecular weight is 418 g/mol. The van der Waals surface area contributed by atoms with Crippen LogP contribution < -0.4 is 5.32 Å². The van der Waals surface area contributed by atoms with Crippen LogP contribution in [0.5, 0.6) is 0 Å². The summed E-state index contributed by atoms with van der Waals surface area (Å²) < 4.78 is 25.1. The van der Waals surface area contributed by atoms with E-state index in [1.807, 2.05) is 58.0 Å². The minimum atomic E-state index is -1.01. The zero-order valence-electron chi connectivity index (χ0n) is 18.6. The number of carbonyl (C=O) groups excluding carboxylic acids is 1. The van der Waals surface area contributed by atoms with E-state index in [4.69, 9.17) is 18.9 Å². The Balaban J connectivity index is 1.58. The smallest absolute Gasteiger partial charge is 0.252 e. The average Bonchev–Trinajstić information content (AvgIpc) is 3.46. The van der Waals surface area contributed by atoms with Crippen molar-refractivity contribution in [3.8, 4) is 0 Å². The Labute approximate surface area is 179 Å². The number of hydrogen-bond donors (Lipinski definition) is 1. The summed E-state index contributed by atoms with van der Waals surface area (Å²) in [7, 11) is 0. The predicted octanol–water partition coefficient (Wildman–Crippen LogP) is 3.58. The van der Waals surface area contributed by atoms with E-state index >= 15 is 0 Å². The fourth-order valence-electron chi connectivity index (χ4n) is 4.44. The second-order valence-corrected chi connectivity index (χ2v) is 9.76. The highest BCUT2D eigenvalue weighted by Gasteiger charge is 2.58. The molecule has 2 aliphatic carbocycles. The molecule has 30 heavy (non-hydrogen) atoms. The molecule has 0 radical (unpaired) electrons. The van der Waals surface area contributed by atoms with Crippen molar-refractivity contribution in [2.45, 2.75) is 95.7 Å². The Morgan fingerprint density at radius 3 is 2.57 bits per heavy atom. The maximum absolute atomic E-state index is 13.4. The number of carbonyl (C=O) groups is 1. The molecule has 0 unspecified atom stereocenters. The van der Waals surface area contributed by atoms with Gasteiger partial charge in [-0.3, -0.25) is 4.79 Å². The van der Waals surface area contributed by atoms with Crippen LogP contribution in [0.15, 0.2) is 30.3 Å². The van der Waals surface area contributed by atoms with Gasteiger partial charge < -0.3 is 24.3 Å². The quantitative estimate of drug-likeness (QED) is 0.700. The van der Waals surface area contributed by atoms with Gasteiger partial charge in [0, 0.05) is 25.5 Å². The van der Waals surface area contributed by atoms with Crippen LogP contribution in [0.25, 0.3) is 0 Å². The number of fused-ring (bicyclic) bond motifs is 1. The number of ether oxygens (including phenoxy) is 4. The van der Waals surface area contributed by atoms with E-state index in [9.17, 15) is 4.79 Å². The first kappa shape index (κ1) is 21.8. The Hall–Kier alpha value is -1.47. The molecule has 1 amide bonds. The van der Waals surface area contributed by atoms with Gasteiger partial charge in [-0.15, -0.1) is 0 Å². The number of nitrogens with one attached hydrogen (secondary N) is 1. The fraction of sp³-hybridized carbons (Fsp3) is 0.708. The van der Waals surface area contributed by atoms with Crippen molar-refractivity contribution in [1.29, 1.82) is 0 Å². The molecule has 4 rings (SSSR count). The maximum Gasteiger partial charge on any atom is 0.252 e. The third-order valence-electron chi connectivity index (χ3n) is 6.08. The topological polar surface area (TPSA) is 66.0 Å². The predicted molar refractivity (Wildman–Crippen MR) is 113 cm³/mol. The molecule has 6 nitrogen and oxygen atoms in total. The highest BCUT2D eigenvalue weighted by atomic mass is 16.8. The van der Waals surface area contributed by atoms with Gasteiger partial charge in [0.1, 0.15) is 6.10 Å². The highest BCUT2D eigenvalue weighted by molar-refractivity contribution is 5.85. The summed E-state index contributed by atoms with van der Waals surface area (Å²) in [6, 6.07) is 9.99. The van der Waals surface area contributed by atoms with Crippen LogP contribution >= 0.6 is 0 Å². The molecule has 1 N–H and O–H groups in total. The van der Waals surface area contributed by atoms with Crippen LogP contribution in [0.1, 0.15) is 58.9 Å². The molecule has 0 aromatic heterocycles. The van der Waals surface area contributed by atoms with Crippen molar-refractivity contribution < 1.29 is 23.7 Å². The molecule has 2 saturated carbocycles. The van der Waals surface area contributed by atoms with Gasteiger partial charge in [0.2, 0.25) is 0 Å². The van der Waals surface area contributed by atoms with Gasteiger partial charge in [-0.05, 0) is 52.0 Å². The first-order chi connectivity index (χ1) is 14.3. The summed E-state index contributed by atoms with van der Waals surface area (Å²) in [6.07, 6.45) is 2.69. The van der Waals surface area contributed by atoms with E-state index in [0.717, 1.165) is 5.56 Å². The van der Waals surface area contributed by atoms with Crippen molar-refractivity contribution in [2.24, 2.45) is 5.92 Å². The van der Waals surface area contributed by atoms with Crippen LogP contribution in [-0.2, 0) is 30.3 Å². The van der Waals surface area contributed by atoms with E-state index < -0.39 is 11.4 Å². The molecule has 1 aliphatic heterocycles. The molecule has 4 atom stereocenters. The maximum atomic E-state index is 13.4. The second kappa shape index (κ2) is 8.58. The fourth-order valence-corrected chi connectivity index (χ4v) is 4.44. The molecule has 6 heteroatoms. The van der Waals surface area contributed by atoms with E-state index in [2.05, 4.69) is 5.32 Å². The van der Waals surface area contributed by atoms with Gasteiger partial charge in [0.15, 0.2) is 11.4 Å². The number of rotatable bonds is 8. The third kappa shape index (κ3) is 5.05. The molecular weight excluding hydrogens is 382 g/mol. The van der Waals surface area contributed by atoms with Crippen LogP contribution in [0.2, 0.25) is 0 Å². The minimum absolute atomic E-state index is 0.0236. The van der Waals surface area contributed by atoms with E-state index in [1.165, 1.54) is 12.8 Å². The second-order valence-electron chi connectivity index (χ2n) is 9.76. The van der Waals surface area contributed by atoms with E-state index in [0.29, 0.717) is 32.0 Å². The molecule has 3 aliphatic rings. The summed E-state index contributed by atoms with van der Waals surface area (Å²) in [4.78, 5) is 13.4. The number of hydrogen-bond acceptors (Lipinski definition) is 5. The zero-order valence-corrected chi connectivity index (χ0v) is 18.6. The van der Waals surface area contributed by atoms with Gasteiger partial charge in [-0.1, -0.05) is 30.3 Å². The summed E-state index contributed by atoms with van der Waals surface area (Å²) >= 11 is 0.